The predicted molar refractivity (Wildman–Crippen MR) is 66.1 cm³/mol. The standard InChI is InChI=1S/C13H23N3/c1-10-4-5-12(8-10)9-15-11(2)13-14-6-7-16(13)3/h6-7,10-12,15H,4-5,8-9H2,1-3H3. The number of hydrogen-bond donors (Lipinski definition) is 1. The fourth-order valence-electron chi connectivity index (χ4n) is 2.74. The summed E-state index contributed by atoms with van der Waals surface area (Å²) in [4.78, 5) is 4.38. The van der Waals surface area contributed by atoms with E-state index >= 15 is 0 Å². The molecular formula is C13H23N3. The van der Waals surface area contributed by atoms with Crippen LogP contribution in [0.15, 0.2) is 12.4 Å². The zero-order chi connectivity index (χ0) is 11.5. The maximum absolute atomic E-state index is 4.38. The van der Waals surface area contributed by atoms with Crippen LogP contribution in [-0.2, 0) is 7.05 Å². The molecule has 0 aliphatic heterocycles. The van der Waals surface area contributed by atoms with Crippen LogP contribution in [0.1, 0.15) is 45.0 Å². The molecule has 3 nitrogen and oxygen atoms in total. The quantitative estimate of drug-likeness (QED) is 0.846. The summed E-state index contributed by atoms with van der Waals surface area (Å²) < 4.78 is 2.09. The second-order valence-electron chi connectivity index (χ2n) is 5.31. The summed E-state index contributed by atoms with van der Waals surface area (Å²) in [5, 5.41) is 3.61. The summed E-state index contributed by atoms with van der Waals surface area (Å²) in [5.41, 5.74) is 0. The summed E-state index contributed by atoms with van der Waals surface area (Å²) in [6, 6.07) is 0.357. The molecule has 90 valence electrons. The molecule has 0 amide bonds. The Morgan fingerprint density at radius 2 is 2.38 bits per heavy atom. The average Bonchev–Trinajstić information content (AvgIpc) is 2.84. The Balaban J connectivity index is 1.80. The van der Waals surface area contributed by atoms with E-state index in [2.05, 4.69) is 35.8 Å². The van der Waals surface area contributed by atoms with Crippen LogP contribution in [0.4, 0.5) is 0 Å². The van der Waals surface area contributed by atoms with E-state index in [-0.39, 0.29) is 0 Å². The number of hydrogen-bond acceptors (Lipinski definition) is 2. The Bertz CT molecular complexity index is 332. The van der Waals surface area contributed by atoms with Gasteiger partial charge in [-0.3, -0.25) is 0 Å². The molecule has 3 unspecified atom stereocenters. The van der Waals surface area contributed by atoms with Crippen molar-refractivity contribution >= 4 is 0 Å². The van der Waals surface area contributed by atoms with Gasteiger partial charge in [-0.1, -0.05) is 13.3 Å². The third kappa shape index (κ3) is 2.64. The van der Waals surface area contributed by atoms with E-state index in [0.29, 0.717) is 6.04 Å². The molecule has 1 aromatic rings. The van der Waals surface area contributed by atoms with Gasteiger partial charge in [-0.25, -0.2) is 4.98 Å². The van der Waals surface area contributed by atoms with Gasteiger partial charge in [0, 0.05) is 19.4 Å². The van der Waals surface area contributed by atoms with Gasteiger partial charge in [-0.05, 0) is 38.1 Å². The molecule has 1 aliphatic carbocycles. The number of imidazole rings is 1. The number of nitrogens with one attached hydrogen (secondary N) is 1. The number of rotatable bonds is 4. The minimum atomic E-state index is 0.357. The maximum Gasteiger partial charge on any atom is 0.125 e. The number of nitrogens with zero attached hydrogens (tertiary/aromatic N) is 2. The molecule has 1 fully saturated rings. The first-order valence-corrected chi connectivity index (χ1v) is 6.37. The van der Waals surface area contributed by atoms with Crippen LogP contribution in [-0.4, -0.2) is 16.1 Å². The van der Waals surface area contributed by atoms with Gasteiger partial charge in [0.25, 0.3) is 0 Å². The summed E-state index contributed by atoms with van der Waals surface area (Å²) in [6.07, 6.45) is 8.06. The minimum absolute atomic E-state index is 0.357. The lowest BCUT2D eigenvalue weighted by Gasteiger charge is -2.17. The van der Waals surface area contributed by atoms with E-state index in [4.69, 9.17) is 0 Å². The Hall–Kier alpha value is -0.830. The van der Waals surface area contributed by atoms with Gasteiger partial charge in [0.1, 0.15) is 5.82 Å². The molecule has 1 heterocycles. The summed E-state index contributed by atoms with van der Waals surface area (Å²) in [5.74, 6) is 2.93. The molecule has 1 saturated carbocycles. The first kappa shape index (κ1) is 11.6. The molecule has 16 heavy (non-hydrogen) atoms. The van der Waals surface area contributed by atoms with Gasteiger partial charge >= 0.3 is 0 Å². The molecule has 2 rings (SSSR count). The molecule has 0 saturated heterocycles. The third-order valence-electron chi connectivity index (χ3n) is 3.76. The second-order valence-corrected chi connectivity index (χ2v) is 5.31. The van der Waals surface area contributed by atoms with Crippen molar-refractivity contribution in [1.82, 2.24) is 14.9 Å². The lowest BCUT2D eigenvalue weighted by molar-refractivity contribution is 0.428. The fourth-order valence-corrected chi connectivity index (χ4v) is 2.74. The predicted octanol–water partition coefficient (Wildman–Crippen LogP) is 2.51. The van der Waals surface area contributed by atoms with Crippen LogP contribution < -0.4 is 5.32 Å². The monoisotopic (exact) mass is 221 g/mol. The average molecular weight is 221 g/mol. The lowest BCUT2D eigenvalue weighted by atomic mass is 10.1. The van der Waals surface area contributed by atoms with Crippen molar-refractivity contribution in [3.8, 4) is 0 Å². The smallest absolute Gasteiger partial charge is 0.125 e. The lowest BCUT2D eigenvalue weighted by Crippen LogP contribution is -2.26. The second kappa shape index (κ2) is 5.00. The molecule has 1 aliphatic rings. The van der Waals surface area contributed by atoms with Crippen molar-refractivity contribution in [2.45, 2.75) is 39.2 Å². The van der Waals surface area contributed by atoms with Gasteiger partial charge in [0.15, 0.2) is 0 Å². The molecule has 1 N–H and O–H groups in total. The zero-order valence-electron chi connectivity index (χ0n) is 10.6. The van der Waals surface area contributed by atoms with Gasteiger partial charge in [0.2, 0.25) is 0 Å². The Kier molecular flexibility index (Phi) is 3.64. The van der Waals surface area contributed by atoms with Crippen molar-refractivity contribution in [2.24, 2.45) is 18.9 Å². The van der Waals surface area contributed by atoms with Gasteiger partial charge in [-0.2, -0.15) is 0 Å². The van der Waals surface area contributed by atoms with Crippen molar-refractivity contribution in [1.29, 1.82) is 0 Å². The molecule has 0 spiro atoms. The first-order valence-electron chi connectivity index (χ1n) is 6.37. The summed E-state index contributed by atoms with van der Waals surface area (Å²) >= 11 is 0. The Labute approximate surface area is 98.3 Å². The highest BCUT2D eigenvalue weighted by Gasteiger charge is 2.21. The Morgan fingerprint density at radius 1 is 1.56 bits per heavy atom. The highest BCUT2D eigenvalue weighted by molar-refractivity contribution is 4.97. The topological polar surface area (TPSA) is 29.9 Å². The molecular weight excluding hydrogens is 198 g/mol. The number of aryl methyl sites for hydroxylation is 1. The van der Waals surface area contributed by atoms with Gasteiger partial charge < -0.3 is 9.88 Å². The summed E-state index contributed by atoms with van der Waals surface area (Å²) in [7, 11) is 2.05. The van der Waals surface area contributed by atoms with E-state index in [1.54, 1.807) is 0 Å². The molecule has 0 bridgehead atoms. The largest absolute Gasteiger partial charge is 0.337 e. The van der Waals surface area contributed by atoms with Gasteiger partial charge in [-0.15, -0.1) is 0 Å². The van der Waals surface area contributed by atoms with E-state index < -0.39 is 0 Å². The van der Waals surface area contributed by atoms with E-state index in [1.807, 2.05) is 12.4 Å². The normalized spacial score (nSPS) is 27.2. The van der Waals surface area contributed by atoms with E-state index in [9.17, 15) is 0 Å². The van der Waals surface area contributed by atoms with Crippen LogP contribution in [0.2, 0.25) is 0 Å². The van der Waals surface area contributed by atoms with Crippen LogP contribution in [0.25, 0.3) is 0 Å². The van der Waals surface area contributed by atoms with Crippen LogP contribution in [0, 0.1) is 11.8 Å². The molecule has 0 radical (unpaired) electrons. The van der Waals surface area contributed by atoms with Gasteiger partial charge in [0.05, 0.1) is 6.04 Å². The van der Waals surface area contributed by atoms with E-state index in [0.717, 1.165) is 24.2 Å². The van der Waals surface area contributed by atoms with Crippen molar-refractivity contribution in [2.75, 3.05) is 6.54 Å². The van der Waals surface area contributed by atoms with Crippen molar-refractivity contribution < 1.29 is 0 Å². The molecule has 0 aromatic carbocycles. The van der Waals surface area contributed by atoms with E-state index in [1.165, 1.54) is 19.3 Å². The zero-order valence-corrected chi connectivity index (χ0v) is 10.6. The third-order valence-corrected chi connectivity index (χ3v) is 3.76. The van der Waals surface area contributed by atoms with Crippen LogP contribution >= 0.6 is 0 Å². The Morgan fingerprint density at radius 3 is 2.94 bits per heavy atom. The first-order chi connectivity index (χ1) is 7.66. The SMILES string of the molecule is CC1CCC(CNC(C)c2nccn2C)C1. The number of aromatic nitrogens is 2. The van der Waals surface area contributed by atoms with Crippen LogP contribution in [0.3, 0.4) is 0 Å². The molecule has 3 atom stereocenters. The minimum Gasteiger partial charge on any atom is -0.337 e. The molecule has 3 heteroatoms. The maximum atomic E-state index is 4.38. The highest BCUT2D eigenvalue weighted by Crippen LogP contribution is 2.30. The molecule has 1 aromatic heterocycles. The van der Waals surface area contributed by atoms with Crippen LogP contribution in [0.5, 0.6) is 0 Å². The highest BCUT2D eigenvalue weighted by atomic mass is 15.1. The fraction of sp³-hybridized carbons (Fsp3) is 0.769. The van der Waals surface area contributed by atoms with Crippen molar-refractivity contribution in [3.63, 3.8) is 0 Å². The van der Waals surface area contributed by atoms with Crippen molar-refractivity contribution in [3.05, 3.63) is 18.2 Å². The summed E-state index contributed by atoms with van der Waals surface area (Å²) in [6.45, 7) is 5.70.